The molecule has 1 fully saturated rings. The lowest BCUT2D eigenvalue weighted by Crippen LogP contribution is -2.47. The minimum atomic E-state index is -3.74. The first-order valence-corrected chi connectivity index (χ1v) is 10.3. The first-order valence-electron chi connectivity index (χ1n) is 8.88. The predicted octanol–water partition coefficient (Wildman–Crippen LogP) is 1.63. The van der Waals surface area contributed by atoms with Crippen LogP contribution in [0, 0.1) is 11.7 Å². The van der Waals surface area contributed by atoms with Gasteiger partial charge in [0, 0.05) is 38.1 Å². The summed E-state index contributed by atoms with van der Waals surface area (Å²) in [5.74, 6) is -1.04. The quantitative estimate of drug-likeness (QED) is 0.807. The summed E-state index contributed by atoms with van der Waals surface area (Å²) < 4.78 is 41.8. The highest BCUT2D eigenvalue weighted by Gasteiger charge is 2.33. The summed E-state index contributed by atoms with van der Waals surface area (Å²) in [6.45, 7) is 2.97. The lowest BCUT2D eigenvalue weighted by Gasteiger charge is -2.31. The maximum atomic E-state index is 13.1. The maximum Gasteiger partial charge on any atom is 0.243 e. The molecule has 1 aliphatic rings. The number of halogens is 1. The summed E-state index contributed by atoms with van der Waals surface area (Å²) in [5.41, 5.74) is 0. The van der Waals surface area contributed by atoms with Gasteiger partial charge in [-0.25, -0.2) is 17.8 Å². The van der Waals surface area contributed by atoms with E-state index in [1.54, 1.807) is 12.5 Å². The molecule has 2 heterocycles. The van der Waals surface area contributed by atoms with Crippen LogP contribution < -0.4 is 5.32 Å². The number of piperidine rings is 1. The lowest BCUT2D eigenvalue weighted by atomic mass is 9.98. The van der Waals surface area contributed by atoms with E-state index in [-0.39, 0.29) is 23.4 Å². The number of sulfonamides is 1. The normalized spacial score (nSPS) is 19.6. The topological polar surface area (TPSA) is 84.3 Å². The van der Waals surface area contributed by atoms with E-state index in [1.165, 1.54) is 16.4 Å². The van der Waals surface area contributed by atoms with E-state index >= 15 is 0 Å². The number of aromatic nitrogens is 2. The molecule has 0 saturated carbocycles. The first kappa shape index (κ1) is 19.5. The molecule has 0 bridgehead atoms. The summed E-state index contributed by atoms with van der Waals surface area (Å²) in [5, 5.41) is 2.95. The van der Waals surface area contributed by atoms with Crippen LogP contribution in [-0.2, 0) is 21.4 Å². The van der Waals surface area contributed by atoms with E-state index in [0.29, 0.717) is 25.9 Å². The molecule has 0 radical (unpaired) electrons. The van der Waals surface area contributed by atoms with Crippen LogP contribution in [0.2, 0.25) is 0 Å². The lowest BCUT2D eigenvalue weighted by molar-refractivity contribution is -0.126. The van der Waals surface area contributed by atoms with Crippen LogP contribution >= 0.6 is 0 Å². The van der Waals surface area contributed by atoms with Gasteiger partial charge in [-0.2, -0.15) is 4.31 Å². The molecule has 1 aliphatic heterocycles. The van der Waals surface area contributed by atoms with Gasteiger partial charge in [0.1, 0.15) is 5.82 Å². The van der Waals surface area contributed by atoms with Gasteiger partial charge >= 0.3 is 0 Å². The SMILES string of the molecule is C[C@H](Cn1ccnc1)NC(=O)[C@H]1CCCN(S(=O)(=O)c2ccc(F)cc2)C1. The summed E-state index contributed by atoms with van der Waals surface area (Å²) in [6, 6.07) is 4.65. The van der Waals surface area contributed by atoms with Gasteiger partial charge in [-0.05, 0) is 44.0 Å². The number of amides is 1. The van der Waals surface area contributed by atoms with E-state index in [0.717, 1.165) is 12.1 Å². The predicted molar refractivity (Wildman–Crippen MR) is 97.7 cm³/mol. The summed E-state index contributed by atoms with van der Waals surface area (Å²) in [7, 11) is -3.74. The highest BCUT2D eigenvalue weighted by atomic mass is 32.2. The molecule has 0 unspecified atom stereocenters. The maximum absolute atomic E-state index is 13.1. The summed E-state index contributed by atoms with van der Waals surface area (Å²) >= 11 is 0. The van der Waals surface area contributed by atoms with Gasteiger partial charge in [-0.1, -0.05) is 0 Å². The third-order valence-electron chi connectivity index (χ3n) is 4.64. The standard InChI is InChI=1S/C18H23FN4O3S/c1-14(11-22-10-8-20-13-22)21-18(24)15-3-2-9-23(12-15)27(25,26)17-6-4-16(19)5-7-17/h4-8,10,13-15H,2-3,9,11-12H2,1H3,(H,21,24)/t14-,15+/m1/s1. The highest BCUT2D eigenvalue weighted by Crippen LogP contribution is 2.24. The molecule has 1 aromatic heterocycles. The fraction of sp³-hybridized carbons (Fsp3) is 0.444. The number of carbonyl (C=O) groups is 1. The van der Waals surface area contributed by atoms with Crippen molar-refractivity contribution < 1.29 is 17.6 Å². The van der Waals surface area contributed by atoms with Crippen molar-refractivity contribution in [3.63, 3.8) is 0 Å². The van der Waals surface area contributed by atoms with E-state index < -0.39 is 21.8 Å². The largest absolute Gasteiger partial charge is 0.352 e. The number of carbonyl (C=O) groups excluding carboxylic acids is 1. The van der Waals surface area contributed by atoms with Crippen molar-refractivity contribution in [2.45, 2.75) is 37.2 Å². The van der Waals surface area contributed by atoms with Crippen LogP contribution in [0.3, 0.4) is 0 Å². The van der Waals surface area contributed by atoms with Gasteiger partial charge in [0.15, 0.2) is 0 Å². The van der Waals surface area contributed by atoms with Gasteiger partial charge in [-0.15, -0.1) is 0 Å². The molecule has 1 amide bonds. The number of hydrogen-bond acceptors (Lipinski definition) is 4. The Hall–Kier alpha value is -2.26. The Labute approximate surface area is 158 Å². The number of nitrogens with one attached hydrogen (secondary N) is 1. The van der Waals surface area contributed by atoms with Gasteiger partial charge in [0.2, 0.25) is 15.9 Å². The van der Waals surface area contributed by atoms with Crippen molar-refractivity contribution in [3.8, 4) is 0 Å². The van der Waals surface area contributed by atoms with Crippen molar-refractivity contribution in [2.24, 2.45) is 5.92 Å². The zero-order valence-corrected chi connectivity index (χ0v) is 15.9. The Balaban J connectivity index is 1.62. The molecule has 3 rings (SSSR count). The minimum absolute atomic E-state index is 0.0402. The Morgan fingerprint density at radius 3 is 2.78 bits per heavy atom. The van der Waals surface area contributed by atoms with Crippen molar-refractivity contribution in [2.75, 3.05) is 13.1 Å². The van der Waals surface area contributed by atoms with Crippen molar-refractivity contribution >= 4 is 15.9 Å². The molecular formula is C18H23FN4O3S. The molecule has 1 N–H and O–H groups in total. The molecular weight excluding hydrogens is 371 g/mol. The van der Waals surface area contributed by atoms with Crippen molar-refractivity contribution in [1.29, 1.82) is 0 Å². The second kappa shape index (κ2) is 8.18. The molecule has 1 aromatic carbocycles. The smallest absolute Gasteiger partial charge is 0.243 e. The van der Waals surface area contributed by atoms with Gasteiger partial charge in [0.05, 0.1) is 17.1 Å². The summed E-state index contributed by atoms with van der Waals surface area (Å²) in [4.78, 5) is 16.6. The Morgan fingerprint density at radius 1 is 1.37 bits per heavy atom. The molecule has 2 aromatic rings. The number of rotatable bonds is 6. The van der Waals surface area contributed by atoms with Crippen LogP contribution in [0.4, 0.5) is 4.39 Å². The molecule has 7 nitrogen and oxygen atoms in total. The van der Waals surface area contributed by atoms with Gasteiger partial charge in [-0.3, -0.25) is 4.79 Å². The molecule has 1 saturated heterocycles. The highest BCUT2D eigenvalue weighted by molar-refractivity contribution is 7.89. The number of benzene rings is 1. The number of imidazole rings is 1. The Kier molecular flexibility index (Phi) is 5.91. The second-order valence-corrected chi connectivity index (χ2v) is 8.76. The monoisotopic (exact) mass is 394 g/mol. The van der Waals surface area contributed by atoms with Crippen LogP contribution in [0.1, 0.15) is 19.8 Å². The molecule has 0 aliphatic carbocycles. The fourth-order valence-electron chi connectivity index (χ4n) is 3.25. The van der Waals surface area contributed by atoms with Crippen molar-refractivity contribution in [3.05, 3.63) is 48.8 Å². The van der Waals surface area contributed by atoms with E-state index in [2.05, 4.69) is 10.3 Å². The minimum Gasteiger partial charge on any atom is -0.352 e. The average molecular weight is 394 g/mol. The van der Waals surface area contributed by atoms with E-state index in [1.807, 2.05) is 17.7 Å². The van der Waals surface area contributed by atoms with Crippen LogP contribution in [-0.4, -0.2) is 47.3 Å². The van der Waals surface area contributed by atoms with Crippen LogP contribution in [0.15, 0.2) is 47.9 Å². The van der Waals surface area contributed by atoms with Gasteiger partial charge < -0.3 is 9.88 Å². The fourth-order valence-corrected chi connectivity index (χ4v) is 4.77. The Bertz CT molecular complexity index is 869. The molecule has 27 heavy (non-hydrogen) atoms. The second-order valence-electron chi connectivity index (χ2n) is 6.83. The van der Waals surface area contributed by atoms with Crippen molar-refractivity contribution in [1.82, 2.24) is 19.2 Å². The van der Waals surface area contributed by atoms with E-state index in [4.69, 9.17) is 0 Å². The third kappa shape index (κ3) is 4.72. The summed E-state index contributed by atoms with van der Waals surface area (Å²) in [6.07, 6.45) is 6.42. The Morgan fingerprint density at radius 2 is 2.11 bits per heavy atom. The molecule has 146 valence electrons. The van der Waals surface area contributed by atoms with Gasteiger partial charge in [0.25, 0.3) is 0 Å². The molecule has 0 spiro atoms. The average Bonchev–Trinajstić information content (AvgIpc) is 3.15. The zero-order valence-electron chi connectivity index (χ0n) is 15.1. The molecule has 9 heteroatoms. The molecule has 2 atom stereocenters. The first-order chi connectivity index (χ1) is 12.9. The van der Waals surface area contributed by atoms with Crippen LogP contribution in [0.25, 0.3) is 0 Å². The third-order valence-corrected chi connectivity index (χ3v) is 6.52. The number of hydrogen-bond donors (Lipinski definition) is 1. The van der Waals surface area contributed by atoms with E-state index in [9.17, 15) is 17.6 Å². The zero-order chi connectivity index (χ0) is 19.4. The number of nitrogens with zero attached hydrogens (tertiary/aromatic N) is 3. The van der Waals surface area contributed by atoms with Crippen LogP contribution in [0.5, 0.6) is 0 Å².